The van der Waals surface area contributed by atoms with Crippen LogP contribution in [0.4, 0.5) is 0 Å². The zero-order chi connectivity index (χ0) is 18.3. The molecule has 0 saturated carbocycles. The number of fused-ring (bicyclic) bond motifs is 2. The van der Waals surface area contributed by atoms with Gasteiger partial charge in [0.1, 0.15) is 28.5 Å². The third-order valence-electron chi connectivity index (χ3n) is 4.13. The number of rotatable bonds is 4. The third kappa shape index (κ3) is 2.84. The molecule has 2 aromatic heterocycles. The molecule has 2 heterocycles. The van der Waals surface area contributed by atoms with Gasteiger partial charge in [0.2, 0.25) is 0 Å². The van der Waals surface area contributed by atoms with Crippen LogP contribution in [0.2, 0.25) is 0 Å². The van der Waals surface area contributed by atoms with Crippen LogP contribution in [-0.2, 0) is 0 Å². The van der Waals surface area contributed by atoms with E-state index < -0.39 is 0 Å². The second-order valence-electron chi connectivity index (χ2n) is 6.01. The van der Waals surface area contributed by atoms with Crippen molar-refractivity contribution in [3.63, 3.8) is 0 Å². The van der Waals surface area contributed by atoms with Gasteiger partial charge >= 0.3 is 0 Å². The molecule has 6 heteroatoms. The standard InChI is InChI=1S/C20H16N4O2/c21-19(22)11-1-5-17-13(7-11)9-15(25-17)3-4-16-10-14-8-12(20(23)24)2-6-18(14)26-16/h1-10H,(H3,21,22)(H3,23,24)/p+1/b4-3+. The summed E-state index contributed by atoms with van der Waals surface area (Å²) in [6.07, 6.45) is 3.66. The molecule has 128 valence electrons. The first kappa shape index (κ1) is 15.7. The van der Waals surface area contributed by atoms with Gasteiger partial charge in [-0.15, -0.1) is 0 Å². The van der Waals surface area contributed by atoms with E-state index in [1.54, 1.807) is 12.1 Å². The molecule has 4 rings (SSSR count). The molecule has 0 aliphatic carbocycles. The van der Waals surface area contributed by atoms with E-state index in [2.05, 4.69) is 0 Å². The molecule has 0 amide bonds. The summed E-state index contributed by atoms with van der Waals surface area (Å²) in [6.45, 7) is 0. The summed E-state index contributed by atoms with van der Waals surface area (Å²) in [4.78, 5) is 0. The Kier molecular flexibility index (Phi) is 3.58. The lowest BCUT2D eigenvalue weighted by Gasteiger charge is -1.95. The summed E-state index contributed by atoms with van der Waals surface area (Å²) in [5.74, 6) is 1.68. The fourth-order valence-corrected chi connectivity index (χ4v) is 2.80. The van der Waals surface area contributed by atoms with Gasteiger partial charge in [0.25, 0.3) is 5.84 Å². The summed E-state index contributed by atoms with van der Waals surface area (Å²) < 4.78 is 11.6. The molecule has 0 atom stereocenters. The van der Waals surface area contributed by atoms with Gasteiger partial charge < -0.3 is 14.6 Å². The van der Waals surface area contributed by atoms with Crippen molar-refractivity contribution in [3.05, 3.63) is 71.2 Å². The van der Waals surface area contributed by atoms with Crippen molar-refractivity contribution in [1.29, 1.82) is 5.41 Å². The zero-order valence-corrected chi connectivity index (χ0v) is 13.8. The molecule has 2 aromatic carbocycles. The van der Waals surface area contributed by atoms with E-state index in [9.17, 15) is 0 Å². The highest BCUT2D eigenvalue weighted by Gasteiger charge is 2.07. The average Bonchev–Trinajstić information content (AvgIpc) is 3.21. The average molecular weight is 345 g/mol. The number of hydrogen-bond acceptors (Lipinski definition) is 3. The van der Waals surface area contributed by atoms with E-state index in [4.69, 9.17) is 31.1 Å². The second-order valence-corrected chi connectivity index (χ2v) is 6.01. The van der Waals surface area contributed by atoms with Gasteiger partial charge in [-0.2, -0.15) is 0 Å². The second kappa shape index (κ2) is 5.93. The van der Waals surface area contributed by atoms with Crippen LogP contribution in [-0.4, -0.2) is 11.7 Å². The van der Waals surface area contributed by atoms with Gasteiger partial charge in [-0.05, 0) is 60.7 Å². The van der Waals surface area contributed by atoms with Crippen molar-refractivity contribution in [2.24, 2.45) is 11.5 Å². The van der Waals surface area contributed by atoms with E-state index in [1.165, 1.54) is 0 Å². The first-order valence-corrected chi connectivity index (χ1v) is 7.97. The molecule has 7 N–H and O–H groups in total. The quantitative estimate of drug-likeness (QED) is 0.333. The van der Waals surface area contributed by atoms with E-state index in [-0.39, 0.29) is 11.7 Å². The maximum absolute atomic E-state index is 7.51. The number of amidine groups is 2. The smallest absolute Gasteiger partial charge is 0.270 e. The van der Waals surface area contributed by atoms with Crippen LogP contribution in [0.15, 0.2) is 57.4 Å². The lowest BCUT2D eigenvalue weighted by Crippen LogP contribution is -2.46. The van der Waals surface area contributed by atoms with Crippen LogP contribution in [0, 0.1) is 5.41 Å². The van der Waals surface area contributed by atoms with Crippen molar-refractivity contribution in [2.45, 2.75) is 0 Å². The van der Waals surface area contributed by atoms with E-state index in [0.717, 1.165) is 27.5 Å². The Bertz CT molecular complexity index is 1100. The molecule has 0 fully saturated rings. The highest BCUT2D eigenvalue weighted by atomic mass is 16.3. The molecule has 0 spiro atoms. The lowest BCUT2D eigenvalue weighted by molar-refractivity contribution is -0.114. The molecule has 0 aliphatic rings. The number of nitrogen functional groups attached to an aromatic ring is 1. The monoisotopic (exact) mass is 345 g/mol. The molecule has 4 aromatic rings. The molecule has 0 bridgehead atoms. The van der Waals surface area contributed by atoms with Gasteiger partial charge in [0.15, 0.2) is 0 Å². The van der Waals surface area contributed by atoms with Crippen molar-refractivity contribution >= 4 is 45.8 Å². The van der Waals surface area contributed by atoms with E-state index in [0.29, 0.717) is 17.1 Å². The number of nitrogens with two attached hydrogens (primary N) is 3. The van der Waals surface area contributed by atoms with Crippen LogP contribution >= 0.6 is 0 Å². The van der Waals surface area contributed by atoms with Crippen LogP contribution in [0.25, 0.3) is 34.1 Å². The number of furan rings is 2. The van der Waals surface area contributed by atoms with E-state index >= 15 is 0 Å². The van der Waals surface area contributed by atoms with Crippen LogP contribution < -0.4 is 16.9 Å². The normalized spacial score (nSPS) is 11.5. The molecule has 0 unspecified atom stereocenters. The van der Waals surface area contributed by atoms with Gasteiger partial charge in [-0.1, -0.05) is 0 Å². The largest absolute Gasteiger partial charge is 0.457 e. The maximum atomic E-state index is 7.51. The summed E-state index contributed by atoms with van der Waals surface area (Å²) in [5.41, 5.74) is 14.1. The first-order valence-electron chi connectivity index (χ1n) is 7.97. The molecular weight excluding hydrogens is 328 g/mol. The van der Waals surface area contributed by atoms with Gasteiger partial charge in [0.05, 0.1) is 5.56 Å². The molecule has 6 nitrogen and oxygen atoms in total. The molecule has 0 radical (unpaired) electrons. The Morgan fingerprint density at radius 2 is 1.31 bits per heavy atom. The number of nitrogens with one attached hydrogen (secondary N) is 1. The van der Waals surface area contributed by atoms with Crippen LogP contribution in [0.3, 0.4) is 0 Å². The predicted molar refractivity (Wildman–Crippen MR) is 103 cm³/mol. The minimum atomic E-state index is 0.0298. The van der Waals surface area contributed by atoms with Gasteiger partial charge in [0, 0.05) is 16.3 Å². The molecule has 0 aliphatic heterocycles. The van der Waals surface area contributed by atoms with Crippen molar-refractivity contribution in [1.82, 2.24) is 0 Å². The summed E-state index contributed by atoms with van der Waals surface area (Å²) in [7, 11) is 0. The Labute approximate surface area is 148 Å². The molecular formula is C20H17N4O2+. The fraction of sp³-hybridized carbons (Fsp3) is 0. The number of hydrogen-bond donors (Lipinski definition) is 4. The lowest BCUT2D eigenvalue weighted by atomic mass is 10.1. The van der Waals surface area contributed by atoms with Crippen molar-refractivity contribution < 1.29 is 14.2 Å². The Hall–Kier alpha value is -3.80. The SMILES string of the molecule is N=C(N)c1ccc2oc(/C=C/c3cc4cc(C(N)=[NH2+])ccc4o3)cc2c1. The van der Waals surface area contributed by atoms with Crippen molar-refractivity contribution in [2.75, 3.05) is 0 Å². The fourth-order valence-electron chi connectivity index (χ4n) is 2.80. The van der Waals surface area contributed by atoms with E-state index in [1.807, 2.05) is 48.6 Å². The van der Waals surface area contributed by atoms with Crippen LogP contribution in [0.5, 0.6) is 0 Å². The van der Waals surface area contributed by atoms with Gasteiger partial charge in [-0.3, -0.25) is 16.6 Å². The topological polar surface area (TPSA) is 128 Å². The van der Waals surface area contributed by atoms with Gasteiger partial charge in [-0.25, -0.2) is 0 Å². The minimum absolute atomic E-state index is 0.0298. The minimum Gasteiger partial charge on any atom is -0.457 e. The summed E-state index contributed by atoms with van der Waals surface area (Å²) in [5, 5.41) is 14.9. The summed E-state index contributed by atoms with van der Waals surface area (Å²) >= 11 is 0. The predicted octanol–water partition coefficient (Wildman–Crippen LogP) is 2.10. The molecule has 0 saturated heterocycles. The Balaban J connectivity index is 1.65. The number of benzene rings is 2. The Morgan fingerprint density at radius 3 is 1.81 bits per heavy atom. The summed E-state index contributed by atoms with van der Waals surface area (Å²) in [6, 6.07) is 14.7. The third-order valence-corrected chi connectivity index (χ3v) is 4.13. The van der Waals surface area contributed by atoms with Crippen LogP contribution in [0.1, 0.15) is 22.6 Å². The Morgan fingerprint density at radius 1 is 0.808 bits per heavy atom. The molecule has 26 heavy (non-hydrogen) atoms. The highest BCUT2D eigenvalue weighted by molar-refractivity contribution is 5.99. The first-order chi connectivity index (χ1) is 12.5. The zero-order valence-electron chi connectivity index (χ0n) is 13.8. The highest BCUT2D eigenvalue weighted by Crippen LogP contribution is 2.25. The maximum Gasteiger partial charge on any atom is 0.270 e. The van der Waals surface area contributed by atoms with Crippen molar-refractivity contribution in [3.8, 4) is 0 Å².